The largest absolute Gasteiger partial charge is 0.369 e. The molecule has 1 N–H and O–H groups in total. The Labute approximate surface area is 150 Å². The van der Waals surface area contributed by atoms with Gasteiger partial charge in [0.25, 0.3) is 0 Å². The van der Waals surface area contributed by atoms with Crippen molar-refractivity contribution in [2.45, 2.75) is 26.8 Å². The maximum atomic E-state index is 4.53. The van der Waals surface area contributed by atoms with Crippen molar-refractivity contribution in [3.8, 4) is 5.69 Å². The van der Waals surface area contributed by atoms with E-state index in [2.05, 4.69) is 62.5 Å². The summed E-state index contributed by atoms with van der Waals surface area (Å²) in [6, 6.07) is 6.35. The minimum absolute atomic E-state index is 0.778. The predicted molar refractivity (Wildman–Crippen MR) is 99.3 cm³/mol. The van der Waals surface area contributed by atoms with Crippen molar-refractivity contribution < 1.29 is 0 Å². The van der Waals surface area contributed by atoms with Gasteiger partial charge in [0.05, 0.1) is 17.3 Å². The summed E-state index contributed by atoms with van der Waals surface area (Å²) in [6.45, 7) is 5.75. The lowest BCUT2D eigenvalue weighted by atomic mass is 10.1. The molecule has 0 aliphatic rings. The minimum Gasteiger partial charge on any atom is -0.369 e. The smallest absolute Gasteiger partial charge is 0.168 e. The number of anilines is 1. The molecule has 0 aliphatic carbocycles. The maximum Gasteiger partial charge on any atom is 0.168 e. The van der Waals surface area contributed by atoms with Crippen molar-refractivity contribution in [2.75, 3.05) is 11.9 Å². The van der Waals surface area contributed by atoms with Crippen LogP contribution >= 0.6 is 0 Å². The molecule has 0 saturated carbocycles. The summed E-state index contributed by atoms with van der Waals surface area (Å²) in [6.07, 6.45) is 7.56. The summed E-state index contributed by atoms with van der Waals surface area (Å²) >= 11 is 0. The molecule has 0 aliphatic heterocycles. The van der Waals surface area contributed by atoms with Gasteiger partial charge in [-0.15, -0.1) is 0 Å². The first-order chi connectivity index (χ1) is 12.7. The molecule has 1 aromatic carbocycles. The highest BCUT2D eigenvalue weighted by molar-refractivity contribution is 5.87. The maximum absolute atomic E-state index is 4.53. The van der Waals surface area contributed by atoms with Crippen LogP contribution in [0, 0.1) is 13.8 Å². The molecule has 3 aromatic heterocycles. The number of nitrogens with one attached hydrogen (secondary N) is 1. The van der Waals surface area contributed by atoms with Crippen molar-refractivity contribution in [3.05, 3.63) is 54.5 Å². The molecular weight excluding hydrogens is 328 g/mol. The Hall–Kier alpha value is -3.29. The third kappa shape index (κ3) is 3.26. The highest BCUT2D eigenvalue weighted by Gasteiger charge is 2.11. The summed E-state index contributed by atoms with van der Waals surface area (Å²) in [5, 5.41) is 12.9. The van der Waals surface area contributed by atoms with E-state index in [1.165, 1.54) is 11.1 Å². The van der Waals surface area contributed by atoms with Crippen LogP contribution in [0.25, 0.3) is 16.7 Å². The lowest BCUT2D eigenvalue weighted by Gasteiger charge is -2.08. The van der Waals surface area contributed by atoms with E-state index in [0.717, 1.165) is 42.0 Å². The highest BCUT2D eigenvalue weighted by Crippen LogP contribution is 2.22. The Balaban J connectivity index is 1.55. The van der Waals surface area contributed by atoms with Crippen LogP contribution in [0.5, 0.6) is 0 Å². The molecule has 0 bridgehead atoms. The van der Waals surface area contributed by atoms with E-state index in [-0.39, 0.29) is 0 Å². The average Bonchev–Trinajstić information content (AvgIpc) is 3.27. The molecule has 8 nitrogen and oxygen atoms in total. The fraction of sp³-hybridized carbons (Fsp3) is 0.278. The molecule has 0 amide bonds. The summed E-state index contributed by atoms with van der Waals surface area (Å²) < 4.78 is 3.67. The quantitative estimate of drug-likeness (QED) is 0.539. The van der Waals surface area contributed by atoms with Crippen LogP contribution in [0.3, 0.4) is 0 Å². The van der Waals surface area contributed by atoms with Gasteiger partial charge in [-0.05, 0) is 43.5 Å². The molecule has 0 fully saturated rings. The van der Waals surface area contributed by atoms with Crippen molar-refractivity contribution in [1.29, 1.82) is 0 Å². The van der Waals surface area contributed by atoms with Crippen LogP contribution in [0.4, 0.5) is 5.82 Å². The van der Waals surface area contributed by atoms with Crippen molar-refractivity contribution in [3.63, 3.8) is 0 Å². The predicted octanol–water partition coefficient (Wildman–Crippen LogP) is 2.53. The van der Waals surface area contributed by atoms with Gasteiger partial charge in [0.1, 0.15) is 24.8 Å². The SMILES string of the molecule is Cc1cc(C)cc(-n2ncc3c(NCCCn4cncn4)ncnc32)c1. The fourth-order valence-corrected chi connectivity index (χ4v) is 3.04. The minimum atomic E-state index is 0.778. The molecule has 4 rings (SSSR count). The first kappa shape index (κ1) is 16.2. The van der Waals surface area contributed by atoms with Crippen molar-refractivity contribution in [2.24, 2.45) is 0 Å². The van der Waals surface area contributed by atoms with Crippen molar-refractivity contribution >= 4 is 16.9 Å². The standard InChI is InChI=1S/C18H20N8/c1-13-6-14(2)8-15(7-13)26-18-16(9-23-26)17(21-11-22-18)20-4-3-5-25-12-19-10-24-25/h6-12H,3-5H2,1-2H3,(H,20,21,22). The lowest BCUT2D eigenvalue weighted by Crippen LogP contribution is -2.08. The third-order valence-electron chi connectivity index (χ3n) is 4.14. The Morgan fingerprint density at radius 1 is 1.00 bits per heavy atom. The van der Waals surface area contributed by atoms with E-state index in [9.17, 15) is 0 Å². The van der Waals surface area contributed by atoms with Crippen LogP contribution in [0.1, 0.15) is 17.5 Å². The second-order valence-electron chi connectivity index (χ2n) is 6.30. The molecule has 0 saturated heterocycles. The van der Waals surface area contributed by atoms with Crippen LogP contribution in [0.15, 0.2) is 43.4 Å². The van der Waals surface area contributed by atoms with Gasteiger partial charge >= 0.3 is 0 Å². The second-order valence-corrected chi connectivity index (χ2v) is 6.30. The van der Waals surface area contributed by atoms with Crippen molar-refractivity contribution in [1.82, 2.24) is 34.5 Å². The van der Waals surface area contributed by atoms with Gasteiger partial charge < -0.3 is 5.32 Å². The Morgan fingerprint density at radius 3 is 2.62 bits per heavy atom. The first-order valence-electron chi connectivity index (χ1n) is 8.54. The van der Waals surface area contributed by atoms with E-state index in [1.807, 2.05) is 15.6 Å². The molecule has 3 heterocycles. The molecule has 4 aromatic rings. The molecule has 132 valence electrons. The average molecular weight is 348 g/mol. The fourth-order valence-electron chi connectivity index (χ4n) is 3.04. The molecular formula is C18H20N8. The lowest BCUT2D eigenvalue weighted by molar-refractivity contribution is 0.590. The molecule has 0 unspecified atom stereocenters. The summed E-state index contributed by atoms with van der Waals surface area (Å²) in [5.74, 6) is 0.796. The van der Waals surface area contributed by atoms with Gasteiger partial charge in [0.2, 0.25) is 0 Å². The van der Waals surface area contributed by atoms with E-state index in [1.54, 1.807) is 19.0 Å². The van der Waals surface area contributed by atoms with Crippen LogP contribution in [-0.2, 0) is 6.54 Å². The molecule has 0 spiro atoms. The van der Waals surface area contributed by atoms with Gasteiger partial charge in [-0.3, -0.25) is 4.68 Å². The van der Waals surface area contributed by atoms with E-state index >= 15 is 0 Å². The number of rotatable bonds is 6. The Bertz CT molecular complexity index is 999. The molecule has 8 heteroatoms. The van der Waals surface area contributed by atoms with E-state index < -0.39 is 0 Å². The van der Waals surface area contributed by atoms with Gasteiger partial charge in [0, 0.05) is 13.1 Å². The summed E-state index contributed by atoms with van der Waals surface area (Å²) in [7, 11) is 0. The second kappa shape index (κ2) is 6.91. The summed E-state index contributed by atoms with van der Waals surface area (Å²) in [4.78, 5) is 12.8. The number of aromatic nitrogens is 7. The van der Waals surface area contributed by atoms with Crippen LogP contribution in [-0.4, -0.2) is 41.1 Å². The topological polar surface area (TPSA) is 86.3 Å². The third-order valence-corrected chi connectivity index (χ3v) is 4.14. The van der Waals surface area contributed by atoms with Gasteiger partial charge in [-0.1, -0.05) is 6.07 Å². The van der Waals surface area contributed by atoms with Crippen LogP contribution in [0.2, 0.25) is 0 Å². The Kier molecular flexibility index (Phi) is 4.30. The van der Waals surface area contributed by atoms with Gasteiger partial charge in [-0.2, -0.15) is 10.2 Å². The van der Waals surface area contributed by atoms with Gasteiger partial charge in [0.15, 0.2) is 5.65 Å². The zero-order chi connectivity index (χ0) is 17.9. The van der Waals surface area contributed by atoms with E-state index in [4.69, 9.17) is 0 Å². The van der Waals surface area contributed by atoms with E-state index in [0.29, 0.717) is 0 Å². The summed E-state index contributed by atoms with van der Waals surface area (Å²) in [5.41, 5.74) is 4.20. The molecule has 0 atom stereocenters. The molecule has 26 heavy (non-hydrogen) atoms. The zero-order valence-corrected chi connectivity index (χ0v) is 14.8. The molecule has 0 radical (unpaired) electrons. The highest BCUT2D eigenvalue weighted by atomic mass is 15.3. The number of benzene rings is 1. The van der Waals surface area contributed by atoms with Gasteiger partial charge in [-0.25, -0.2) is 19.6 Å². The number of fused-ring (bicyclic) bond motifs is 1. The first-order valence-corrected chi connectivity index (χ1v) is 8.54. The Morgan fingerprint density at radius 2 is 1.85 bits per heavy atom. The monoisotopic (exact) mass is 348 g/mol. The number of nitrogens with zero attached hydrogens (tertiary/aromatic N) is 7. The zero-order valence-electron chi connectivity index (χ0n) is 14.8. The number of hydrogen-bond acceptors (Lipinski definition) is 6. The number of hydrogen-bond donors (Lipinski definition) is 1. The normalized spacial score (nSPS) is 11.2. The van der Waals surface area contributed by atoms with Crippen LogP contribution < -0.4 is 5.32 Å². The number of aryl methyl sites for hydroxylation is 3.